The third-order valence-electron chi connectivity index (χ3n) is 4.07. The molecule has 5 nitrogen and oxygen atoms in total. The normalized spacial score (nSPS) is 11.0. The molecule has 0 aliphatic heterocycles. The van der Waals surface area contributed by atoms with Gasteiger partial charge in [-0.15, -0.1) is 35.3 Å². The number of pyridine rings is 1. The molecule has 0 aliphatic carbocycles. The van der Waals surface area contributed by atoms with Gasteiger partial charge in [-0.1, -0.05) is 24.3 Å². The van der Waals surface area contributed by atoms with Crippen LogP contribution in [-0.4, -0.2) is 22.5 Å². The van der Waals surface area contributed by atoms with E-state index in [4.69, 9.17) is 4.99 Å². The smallest absolute Gasteiger partial charge is 0.191 e. The van der Waals surface area contributed by atoms with E-state index < -0.39 is 0 Å². The van der Waals surface area contributed by atoms with Crippen LogP contribution in [0.2, 0.25) is 0 Å². The minimum Gasteiger partial charge on any atom is -0.357 e. The molecule has 0 spiro atoms. The predicted molar refractivity (Wildman–Crippen MR) is 128 cm³/mol. The van der Waals surface area contributed by atoms with Gasteiger partial charge in [0.1, 0.15) is 0 Å². The minimum atomic E-state index is 0. The molecule has 28 heavy (non-hydrogen) atoms. The van der Waals surface area contributed by atoms with Crippen LogP contribution in [0.25, 0.3) is 11.3 Å². The number of benzene rings is 1. The highest BCUT2D eigenvalue weighted by molar-refractivity contribution is 14.0. The van der Waals surface area contributed by atoms with Crippen LogP contribution in [0.4, 0.5) is 0 Å². The van der Waals surface area contributed by atoms with Gasteiger partial charge in [0, 0.05) is 23.2 Å². The Morgan fingerprint density at radius 2 is 1.96 bits per heavy atom. The van der Waals surface area contributed by atoms with E-state index in [1.165, 1.54) is 4.88 Å². The average molecular weight is 507 g/mol. The zero-order valence-electron chi connectivity index (χ0n) is 16.4. The Bertz CT molecular complexity index is 908. The number of guanidine groups is 1. The first-order valence-electron chi connectivity index (χ1n) is 9.11. The Hall–Kier alpha value is -2.00. The fourth-order valence-corrected chi connectivity index (χ4v) is 3.65. The molecule has 0 bridgehead atoms. The van der Waals surface area contributed by atoms with Crippen LogP contribution in [-0.2, 0) is 13.1 Å². The maximum absolute atomic E-state index is 4.73. The Morgan fingerprint density at radius 1 is 1.11 bits per heavy atom. The highest BCUT2D eigenvalue weighted by atomic mass is 127. The van der Waals surface area contributed by atoms with E-state index in [1.54, 1.807) is 11.3 Å². The fourth-order valence-electron chi connectivity index (χ4n) is 2.78. The van der Waals surface area contributed by atoms with E-state index in [-0.39, 0.29) is 24.0 Å². The van der Waals surface area contributed by atoms with Gasteiger partial charge < -0.3 is 10.6 Å². The van der Waals surface area contributed by atoms with Crippen molar-refractivity contribution in [2.45, 2.75) is 33.9 Å². The zero-order chi connectivity index (χ0) is 19.1. The quantitative estimate of drug-likeness (QED) is 0.289. The molecule has 148 valence electrons. The first-order chi connectivity index (χ1) is 13.2. The topological polar surface area (TPSA) is 62.2 Å². The van der Waals surface area contributed by atoms with Gasteiger partial charge in [-0.3, -0.25) is 4.98 Å². The molecule has 2 heterocycles. The monoisotopic (exact) mass is 507 g/mol. The lowest BCUT2D eigenvalue weighted by Gasteiger charge is -2.11. The highest BCUT2D eigenvalue weighted by Gasteiger charge is 2.06. The van der Waals surface area contributed by atoms with Crippen molar-refractivity contribution in [2.75, 3.05) is 6.54 Å². The van der Waals surface area contributed by atoms with Crippen molar-refractivity contribution < 1.29 is 0 Å². The number of hydrogen-bond acceptors (Lipinski definition) is 4. The molecule has 3 aromatic rings. The third kappa shape index (κ3) is 6.27. The molecule has 0 unspecified atom stereocenters. The molecular formula is C21H26IN5S. The summed E-state index contributed by atoms with van der Waals surface area (Å²) in [7, 11) is 0. The van der Waals surface area contributed by atoms with Gasteiger partial charge in [-0.2, -0.15) is 0 Å². The standard InChI is InChI=1S/C21H25N5S.HI/c1-4-22-21(25-14-20-15(2)26-16(3)27-20)24-13-17-8-7-9-18(12-17)19-10-5-6-11-23-19;/h5-12H,4,13-14H2,1-3H3,(H2,22,24,25);1H. The van der Waals surface area contributed by atoms with E-state index in [9.17, 15) is 0 Å². The summed E-state index contributed by atoms with van der Waals surface area (Å²) >= 11 is 1.73. The molecular weight excluding hydrogens is 481 g/mol. The summed E-state index contributed by atoms with van der Waals surface area (Å²) in [6, 6.07) is 14.3. The summed E-state index contributed by atoms with van der Waals surface area (Å²) < 4.78 is 0. The summed E-state index contributed by atoms with van der Waals surface area (Å²) in [6.07, 6.45) is 1.82. The molecule has 7 heteroatoms. The minimum absolute atomic E-state index is 0. The van der Waals surface area contributed by atoms with E-state index in [1.807, 2.05) is 38.2 Å². The van der Waals surface area contributed by atoms with Gasteiger partial charge in [-0.05, 0) is 44.5 Å². The summed E-state index contributed by atoms with van der Waals surface area (Å²) in [5, 5.41) is 7.81. The van der Waals surface area contributed by atoms with Crippen molar-refractivity contribution in [3.05, 3.63) is 69.8 Å². The van der Waals surface area contributed by atoms with Crippen molar-refractivity contribution in [1.82, 2.24) is 20.6 Å². The summed E-state index contributed by atoms with van der Waals surface area (Å²) in [4.78, 5) is 14.9. The van der Waals surface area contributed by atoms with Crippen LogP contribution in [0.3, 0.4) is 0 Å². The van der Waals surface area contributed by atoms with Gasteiger partial charge in [0.25, 0.3) is 0 Å². The second kappa shape index (κ2) is 11.1. The van der Waals surface area contributed by atoms with Crippen molar-refractivity contribution >= 4 is 41.3 Å². The summed E-state index contributed by atoms with van der Waals surface area (Å²) in [5.41, 5.74) is 4.32. The van der Waals surface area contributed by atoms with E-state index in [0.717, 1.165) is 46.6 Å². The van der Waals surface area contributed by atoms with Crippen molar-refractivity contribution in [3.8, 4) is 11.3 Å². The van der Waals surface area contributed by atoms with Crippen molar-refractivity contribution in [1.29, 1.82) is 0 Å². The van der Waals surface area contributed by atoms with Gasteiger partial charge >= 0.3 is 0 Å². The van der Waals surface area contributed by atoms with E-state index in [0.29, 0.717) is 6.54 Å². The average Bonchev–Trinajstić information content (AvgIpc) is 3.02. The molecule has 0 saturated carbocycles. The van der Waals surface area contributed by atoms with Crippen LogP contribution < -0.4 is 10.6 Å². The molecule has 2 N–H and O–H groups in total. The maximum atomic E-state index is 4.73. The molecule has 3 rings (SSSR count). The maximum Gasteiger partial charge on any atom is 0.191 e. The first-order valence-corrected chi connectivity index (χ1v) is 9.92. The van der Waals surface area contributed by atoms with Crippen LogP contribution in [0.5, 0.6) is 0 Å². The largest absolute Gasteiger partial charge is 0.357 e. The SMILES string of the molecule is CCNC(=NCc1cccc(-c2ccccn2)c1)NCc1sc(C)nc1C.I. The molecule has 0 atom stereocenters. The van der Waals surface area contributed by atoms with Crippen LogP contribution in [0.15, 0.2) is 53.7 Å². The van der Waals surface area contributed by atoms with E-state index >= 15 is 0 Å². The second-order valence-electron chi connectivity index (χ2n) is 6.21. The fraction of sp³-hybridized carbons (Fsp3) is 0.286. The van der Waals surface area contributed by atoms with Gasteiger partial charge in [-0.25, -0.2) is 9.98 Å². The van der Waals surface area contributed by atoms with Crippen molar-refractivity contribution in [2.24, 2.45) is 4.99 Å². The number of aliphatic imine (C=N–C) groups is 1. The van der Waals surface area contributed by atoms with Gasteiger partial charge in [0.15, 0.2) is 5.96 Å². The Kier molecular flexibility index (Phi) is 8.85. The number of rotatable bonds is 6. The Morgan fingerprint density at radius 3 is 2.64 bits per heavy atom. The number of aryl methyl sites for hydroxylation is 2. The van der Waals surface area contributed by atoms with Gasteiger partial charge in [0.2, 0.25) is 0 Å². The number of halogens is 1. The third-order valence-corrected chi connectivity index (χ3v) is 5.14. The number of nitrogens with zero attached hydrogens (tertiary/aromatic N) is 3. The highest BCUT2D eigenvalue weighted by Crippen LogP contribution is 2.18. The lowest BCUT2D eigenvalue weighted by Crippen LogP contribution is -2.36. The Balaban J connectivity index is 0.00000280. The molecule has 0 fully saturated rings. The summed E-state index contributed by atoms with van der Waals surface area (Å²) in [6.45, 7) is 8.32. The predicted octanol–water partition coefficient (Wildman–Crippen LogP) is 4.70. The number of thiazole rings is 1. The molecule has 0 aliphatic rings. The molecule has 0 radical (unpaired) electrons. The molecule has 0 amide bonds. The zero-order valence-corrected chi connectivity index (χ0v) is 19.5. The van der Waals surface area contributed by atoms with E-state index in [2.05, 4.69) is 51.8 Å². The van der Waals surface area contributed by atoms with Crippen LogP contribution in [0, 0.1) is 13.8 Å². The lowest BCUT2D eigenvalue weighted by atomic mass is 10.1. The number of nitrogens with one attached hydrogen (secondary N) is 2. The van der Waals surface area contributed by atoms with Crippen molar-refractivity contribution in [3.63, 3.8) is 0 Å². The molecule has 1 aromatic carbocycles. The lowest BCUT2D eigenvalue weighted by molar-refractivity contribution is 0.819. The van der Waals surface area contributed by atoms with Gasteiger partial charge in [0.05, 0.1) is 29.5 Å². The summed E-state index contributed by atoms with van der Waals surface area (Å²) in [5.74, 6) is 0.811. The number of hydrogen-bond donors (Lipinski definition) is 2. The first kappa shape index (κ1) is 22.3. The number of aromatic nitrogens is 2. The van der Waals surface area contributed by atoms with Crippen LogP contribution in [0.1, 0.15) is 28.1 Å². The Labute approximate surface area is 187 Å². The second-order valence-corrected chi connectivity index (χ2v) is 7.49. The molecule has 2 aromatic heterocycles. The van der Waals surface area contributed by atoms with Crippen LogP contribution >= 0.6 is 35.3 Å². The molecule has 0 saturated heterocycles.